The average Bonchev–Trinajstić information content (AvgIpc) is 3.08. The summed E-state index contributed by atoms with van der Waals surface area (Å²) < 4.78 is 5.24. The number of carbonyl (C=O) groups is 1. The van der Waals surface area contributed by atoms with E-state index >= 15 is 0 Å². The molecule has 2 heterocycles. The number of H-pyrrole nitrogens is 1. The normalized spacial score (nSPS) is 22.2. The van der Waals surface area contributed by atoms with Crippen LogP contribution in [-0.2, 0) is 9.53 Å². The van der Waals surface area contributed by atoms with E-state index in [1.54, 1.807) is 7.11 Å². The Labute approximate surface area is 117 Å². The van der Waals surface area contributed by atoms with Crippen molar-refractivity contribution in [3.63, 3.8) is 0 Å². The van der Waals surface area contributed by atoms with Crippen LogP contribution in [0.25, 0.3) is 10.9 Å². The monoisotopic (exact) mass is 273 g/mol. The van der Waals surface area contributed by atoms with Gasteiger partial charge in [-0.2, -0.15) is 0 Å². The van der Waals surface area contributed by atoms with Crippen molar-refractivity contribution in [1.82, 2.24) is 10.3 Å². The van der Waals surface area contributed by atoms with E-state index in [1.165, 1.54) is 0 Å². The van der Waals surface area contributed by atoms with Gasteiger partial charge in [0, 0.05) is 36.4 Å². The number of carbonyl (C=O) groups excluding carboxylic acids is 1. The summed E-state index contributed by atoms with van der Waals surface area (Å²) in [6.07, 6.45) is 2.70. The van der Waals surface area contributed by atoms with Crippen LogP contribution >= 0.6 is 0 Å². The lowest BCUT2D eigenvalue weighted by Gasteiger charge is -2.25. The fraction of sp³-hybridized carbons (Fsp3) is 0.400. The van der Waals surface area contributed by atoms with Crippen LogP contribution in [0, 0.1) is 5.41 Å². The molecule has 0 spiro atoms. The maximum absolute atomic E-state index is 12.6. The molecule has 0 radical (unpaired) electrons. The molecule has 0 aliphatic carbocycles. The maximum atomic E-state index is 12.6. The first kappa shape index (κ1) is 13.1. The van der Waals surface area contributed by atoms with Gasteiger partial charge in [-0.1, -0.05) is 0 Å². The Morgan fingerprint density at radius 1 is 1.45 bits per heavy atom. The number of fused-ring (bicyclic) bond motifs is 1. The Morgan fingerprint density at radius 3 is 3.10 bits per heavy atom. The second-order valence-electron chi connectivity index (χ2n) is 5.37. The van der Waals surface area contributed by atoms with Crippen molar-refractivity contribution in [1.29, 1.82) is 0 Å². The van der Waals surface area contributed by atoms with E-state index < -0.39 is 5.41 Å². The second-order valence-corrected chi connectivity index (χ2v) is 5.37. The number of rotatable bonds is 4. The summed E-state index contributed by atoms with van der Waals surface area (Å²) in [4.78, 5) is 15.7. The molecule has 106 valence electrons. The van der Waals surface area contributed by atoms with Crippen molar-refractivity contribution >= 4 is 22.5 Å². The summed E-state index contributed by atoms with van der Waals surface area (Å²) in [5, 5.41) is 7.35. The lowest BCUT2D eigenvalue weighted by Crippen LogP contribution is -2.41. The molecule has 1 aliphatic heterocycles. The maximum Gasteiger partial charge on any atom is 0.234 e. The summed E-state index contributed by atoms with van der Waals surface area (Å²) in [7, 11) is 1.64. The van der Waals surface area contributed by atoms with E-state index in [-0.39, 0.29) is 5.91 Å². The molecule has 2 aromatic rings. The number of aromatic nitrogens is 1. The molecule has 1 atom stereocenters. The molecule has 1 aromatic heterocycles. The smallest absolute Gasteiger partial charge is 0.234 e. The molecule has 0 bridgehead atoms. The molecule has 1 saturated heterocycles. The zero-order valence-corrected chi connectivity index (χ0v) is 11.5. The molecule has 1 amide bonds. The van der Waals surface area contributed by atoms with Crippen LogP contribution in [0.1, 0.15) is 6.42 Å². The quantitative estimate of drug-likeness (QED) is 0.795. The van der Waals surface area contributed by atoms with E-state index in [9.17, 15) is 4.79 Å². The average molecular weight is 273 g/mol. The number of aromatic amines is 1. The van der Waals surface area contributed by atoms with E-state index in [1.807, 2.05) is 30.5 Å². The minimum atomic E-state index is -0.456. The number of anilines is 1. The molecule has 0 saturated carbocycles. The van der Waals surface area contributed by atoms with Crippen molar-refractivity contribution in [3.05, 3.63) is 30.5 Å². The molecule has 20 heavy (non-hydrogen) atoms. The molecule has 1 aromatic carbocycles. The van der Waals surface area contributed by atoms with Gasteiger partial charge in [-0.05, 0) is 37.2 Å². The Balaban J connectivity index is 1.80. The third-order valence-corrected chi connectivity index (χ3v) is 3.96. The molecule has 1 fully saturated rings. The molecule has 3 N–H and O–H groups in total. The minimum Gasteiger partial charge on any atom is -0.384 e. The van der Waals surface area contributed by atoms with E-state index in [2.05, 4.69) is 15.6 Å². The number of hydrogen-bond donors (Lipinski definition) is 3. The molecular formula is C15H19N3O2. The van der Waals surface area contributed by atoms with Gasteiger partial charge in [0.25, 0.3) is 0 Å². The summed E-state index contributed by atoms with van der Waals surface area (Å²) in [5.74, 6) is 0.0271. The van der Waals surface area contributed by atoms with Crippen molar-refractivity contribution in [2.24, 2.45) is 5.41 Å². The summed E-state index contributed by atoms with van der Waals surface area (Å²) >= 11 is 0. The van der Waals surface area contributed by atoms with Gasteiger partial charge in [0.2, 0.25) is 5.91 Å². The van der Waals surface area contributed by atoms with E-state index in [4.69, 9.17) is 4.74 Å². The summed E-state index contributed by atoms with van der Waals surface area (Å²) in [6.45, 7) is 1.96. The molecule has 1 aliphatic rings. The first-order valence-corrected chi connectivity index (χ1v) is 6.82. The first-order valence-electron chi connectivity index (χ1n) is 6.82. The number of benzene rings is 1. The van der Waals surface area contributed by atoms with E-state index in [0.717, 1.165) is 29.6 Å². The highest BCUT2D eigenvalue weighted by Crippen LogP contribution is 2.28. The fourth-order valence-electron chi connectivity index (χ4n) is 2.80. The third kappa shape index (κ3) is 2.30. The Kier molecular flexibility index (Phi) is 3.46. The van der Waals surface area contributed by atoms with Gasteiger partial charge in [-0.3, -0.25) is 4.79 Å². The van der Waals surface area contributed by atoms with Crippen molar-refractivity contribution in [2.75, 3.05) is 32.1 Å². The zero-order valence-electron chi connectivity index (χ0n) is 11.5. The van der Waals surface area contributed by atoms with Gasteiger partial charge in [0.05, 0.1) is 12.0 Å². The predicted octanol–water partition coefficient (Wildman–Crippen LogP) is 1.73. The van der Waals surface area contributed by atoms with Gasteiger partial charge < -0.3 is 20.4 Å². The standard InChI is InChI=1S/C15H19N3O2/c1-20-10-15(5-7-16-9-15)14(19)18-12-2-3-13-11(8-12)4-6-17-13/h2-4,6,8,16-17H,5,7,9-10H2,1H3,(H,18,19). The summed E-state index contributed by atoms with van der Waals surface area (Å²) in [6, 6.07) is 7.86. The Bertz CT molecular complexity index is 614. The lowest BCUT2D eigenvalue weighted by atomic mass is 9.87. The first-order chi connectivity index (χ1) is 9.73. The van der Waals surface area contributed by atoms with Crippen molar-refractivity contribution in [2.45, 2.75) is 6.42 Å². The van der Waals surface area contributed by atoms with Crippen LogP contribution in [0.4, 0.5) is 5.69 Å². The molecule has 5 heteroatoms. The van der Waals surface area contributed by atoms with Crippen molar-refractivity contribution in [3.8, 4) is 0 Å². The highest BCUT2D eigenvalue weighted by Gasteiger charge is 2.41. The number of amides is 1. The number of nitrogens with one attached hydrogen (secondary N) is 3. The van der Waals surface area contributed by atoms with Gasteiger partial charge in [0.15, 0.2) is 0 Å². The predicted molar refractivity (Wildman–Crippen MR) is 78.7 cm³/mol. The topological polar surface area (TPSA) is 66.1 Å². The molecular weight excluding hydrogens is 254 g/mol. The second kappa shape index (κ2) is 5.26. The third-order valence-electron chi connectivity index (χ3n) is 3.96. The largest absolute Gasteiger partial charge is 0.384 e. The Hall–Kier alpha value is -1.85. The highest BCUT2D eigenvalue weighted by molar-refractivity contribution is 5.97. The van der Waals surface area contributed by atoms with E-state index in [0.29, 0.717) is 13.2 Å². The van der Waals surface area contributed by atoms with Crippen LogP contribution in [-0.4, -0.2) is 37.7 Å². The number of hydrogen-bond acceptors (Lipinski definition) is 3. The fourth-order valence-corrected chi connectivity index (χ4v) is 2.80. The minimum absolute atomic E-state index is 0.0271. The lowest BCUT2D eigenvalue weighted by molar-refractivity contribution is -0.127. The van der Waals surface area contributed by atoms with Gasteiger partial charge in [0.1, 0.15) is 0 Å². The summed E-state index contributed by atoms with van der Waals surface area (Å²) in [5.41, 5.74) is 1.43. The van der Waals surface area contributed by atoms with Crippen LogP contribution < -0.4 is 10.6 Å². The number of ether oxygens (including phenoxy) is 1. The van der Waals surface area contributed by atoms with Crippen LogP contribution in [0.2, 0.25) is 0 Å². The Morgan fingerprint density at radius 2 is 2.35 bits per heavy atom. The van der Waals surface area contributed by atoms with Crippen LogP contribution in [0.15, 0.2) is 30.5 Å². The van der Waals surface area contributed by atoms with Gasteiger partial charge in [-0.15, -0.1) is 0 Å². The molecule has 5 nitrogen and oxygen atoms in total. The number of methoxy groups -OCH3 is 1. The van der Waals surface area contributed by atoms with Gasteiger partial charge in [-0.25, -0.2) is 0 Å². The SMILES string of the molecule is COCC1(C(=O)Nc2ccc3[nH]ccc3c2)CCNC1. The zero-order chi connectivity index (χ0) is 14.0. The van der Waals surface area contributed by atoms with Gasteiger partial charge >= 0.3 is 0 Å². The molecule has 3 rings (SSSR count). The van der Waals surface area contributed by atoms with Crippen LogP contribution in [0.5, 0.6) is 0 Å². The molecule has 1 unspecified atom stereocenters. The van der Waals surface area contributed by atoms with Crippen LogP contribution in [0.3, 0.4) is 0 Å². The van der Waals surface area contributed by atoms with Crippen molar-refractivity contribution < 1.29 is 9.53 Å². The highest BCUT2D eigenvalue weighted by atomic mass is 16.5.